The van der Waals surface area contributed by atoms with Crippen molar-refractivity contribution in [2.45, 2.75) is 24.8 Å². The molecule has 1 amide bonds. The number of amides is 1. The Labute approximate surface area is 114 Å². The van der Waals surface area contributed by atoms with Gasteiger partial charge in [0.15, 0.2) is 0 Å². The van der Waals surface area contributed by atoms with Crippen LogP contribution in [0.25, 0.3) is 0 Å². The Balaban J connectivity index is 1.91. The minimum atomic E-state index is -1.05. The lowest BCUT2D eigenvalue weighted by molar-refractivity contribution is -0.148. The molecule has 1 saturated carbocycles. The third-order valence-electron chi connectivity index (χ3n) is 3.35. The molecule has 2 rings (SSSR count). The predicted molar refractivity (Wildman–Crippen MR) is 67.2 cm³/mol. The Hall–Kier alpha value is -2.02. The number of carbonyl (C=O) groups is 2. The van der Waals surface area contributed by atoms with E-state index in [9.17, 15) is 18.4 Å². The molecule has 0 atom stereocenters. The summed E-state index contributed by atoms with van der Waals surface area (Å²) in [6.07, 6.45) is 1.71. The van der Waals surface area contributed by atoms with Crippen LogP contribution in [-0.4, -0.2) is 29.1 Å². The molecule has 1 aromatic rings. The molecule has 20 heavy (non-hydrogen) atoms. The molecular weight excluding hydrogens is 270 g/mol. The van der Waals surface area contributed by atoms with Gasteiger partial charge in [-0.3, -0.25) is 14.9 Å². The summed E-state index contributed by atoms with van der Waals surface area (Å²) >= 11 is 0. The first kappa shape index (κ1) is 14.4. The van der Waals surface area contributed by atoms with E-state index in [-0.39, 0.29) is 12.2 Å². The SMILES string of the molecule is O=C(CNC1(C(=O)O)CCC1)Nc1cc(F)cc(F)c1. The van der Waals surface area contributed by atoms with Crippen molar-refractivity contribution in [1.29, 1.82) is 0 Å². The van der Waals surface area contributed by atoms with E-state index in [0.29, 0.717) is 18.9 Å². The number of carboxylic acid groups (broad SMARTS) is 1. The second-order valence-corrected chi connectivity index (χ2v) is 4.80. The Morgan fingerprint density at radius 2 is 1.80 bits per heavy atom. The maximum Gasteiger partial charge on any atom is 0.323 e. The van der Waals surface area contributed by atoms with Crippen molar-refractivity contribution in [2.24, 2.45) is 0 Å². The minimum absolute atomic E-state index is 0.00714. The molecule has 1 aromatic carbocycles. The normalized spacial score (nSPS) is 16.3. The van der Waals surface area contributed by atoms with Gasteiger partial charge in [0.2, 0.25) is 5.91 Å². The molecule has 108 valence electrons. The number of carboxylic acids is 1. The quantitative estimate of drug-likeness (QED) is 0.765. The van der Waals surface area contributed by atoms with Crippen LogP contribution in [0.3, 0.4) is 0 Å². The topological polar surface area (TPSA) is 78.4 Å². The number of aliphatic carboxylic acids is 1. The van der Waals surface area contributed by atoms with Gasteiger partial charge in [0.05, 0.1) is 6.54 Å². The highest BCUT2D eigenvalue weighted by Gasteiger charge is 2.44. The highest BCUT2D eigenvalue weighted by atomic mass is 19.1. The maximum absolute atomic E-state index is 12.9. The zero-order chi connectivity index (χ0) is 14.8. The van der Waals surface area contributed by atoms with Crippen LogP contribution < -0.4 is 10.6 Å². The van der Waals surface area contributed by atoms with Crippen molar-refractivity contribution in [3.63, 3.8) is 0 Å². The Morgan fingerprint density at radius 3 is 2.25 bits per heavy atom. The highest BCUT2D eigenvalue weighted by Crippen LogP contribution is 2.31. The van der Waals surface area contributed by atoms with E-state index in [1.54, 1.807) is 0 Å². The van der Waals surface area contributed by atoms with E-state index in [4.69, 9.17) is 5.11 Å². The maximum atomic E-state index is 12.9. The summed E-state index contributed by atoms with van der Waals surface area (Å²) in [5.74, 6) is -3.14. The molecule has 1 aliphatic rings. The summed E-state index contributed by atoms with van der Waals surface area (Å²) in [5.41, 5.74) is -1.06. The summed E-state index contributed by atoms with van der Waals surface area (Å²) in [6, 6.07) is 2.66. The first-order valence-electron chi connectivity index (χ1n) is 6.16. The number of benzene rings is 1. The smallest absolute Gasteiger partial charge is 0.323 e. The van der Waals surface area contributed by atoms with Gasteiger partial charge in [0.1, 0.15) is 17.2 Å². The Kier molecular flexibility index (Phi) is 3.99. The molecular formula is C13H14F2N2O3. The Bertz CT molecular complexity index is 524. The number of hydrogen-bond donors (Lipinski definition) is 3. The first-order valence-corrected chi connectivity index (χ1v) is 6.16. The van der Waals surface area contributed by atoms with Gasteiger partial charge in [-0.2, -0.15) is 0 Å². The van der Waals surface area contributed by atoms with E-state index in [2.05, 4.69) is 10.6 Å². The van der Waals surface area contributed by atoms with Gasteiger partial charge in [0, 0.05) is 11.8 Å². The van der Waals surface area contributed by atoms with Crippen LogP contribution in [0.5, 0.6) is 0 Å². The van der Waals surface area contributed by atoms with Crippen molar-refractivity contribution >= 4 is 17.6 Å². The molecule has 1 fully saturated rings. The largest absolute Gasteiger partial charge is 0.480 e. The average molecular weight is 284 g/mol. The summed E-state index contributed by atoms with van der Waals surface area (Å²) in [4.78, 5) is 22.7. The fraction of sp³-hybridized carbons (Fsp3) is 0.385. The standard InChI is InChI=1S/C13H14F2N2O3/c14-8-4-9(15)6-10(5-8)17-11(18)7-16-13(12(19)20)2-1-3-13/h4-6,16H,1-3,7H2,(H,17,18)(H,19,20). The third kappa shape index (κ3) is 3.11. The number of rotatable bonds is 5. The van der Waals surface area contributed by atoms with E-state index < -0.39 is 29.0 Å². The van der Waals surface area contributed by atoms with Crippen LogP contribution in [0.4, 0.5) is 14.5 Å². The van der Waals surface area contributed by atoms with Crippen LogP contribution in [-0.2, 0) is 9.59 Å². The van der Waals surface area contributed by atoms with E-state index >= 15 is 0 Å². The molecule has 0 unspecified atom stereocenters. The van der Waals surface area contributed by atoms with Gasteiger partial charge in [-0.25, -0.2) is 8.78 Å². The zero-order valence-corrected chi connectivity index (χ0v) is 10.6. The summed E-state index contributed by atoms with van der Waals surface area (Å²) in [7, 11) is 0. The second-order valence-electron chi connectivity index (χ2n) is 4.80. The van der Waals surface area contributed by atoms with Crippen molar-refractivity contribution in [3.8, 4) is 0 Å². The molecule has 0 spiro atoms. The molecule has 7 heteroatoms. The van der Waals surface area contributed by atoms with Crippen LogP contribution in [0.15, 0.2) is 18.2 Å². The molecule has 0 radical (unpaired) electrons. The number of halogens is 2. The molecule has 0 bridgehead atoms. The van der Waals surface area contributed by atoms with Crippen molar-refractivity contribution in [1.82, 2.24) is 5.32 Å². The van der Waals surface area contributed by atoms with Crippen LogP contribution in [0, 0.1) is 11.6 Å². The first-order chi connectivity index (χ1) is 9.41. The zero-order valence-electron chi connectivity index (χ0n) is 10.6. The average Bonchev–Trinajstić information content (AvgIpc) is 2.25. The molecule has 0 saturated heterocycles. The second kappa shape index (κ2) is 5.54. The molecule has 0 heterocycles. The minimum Gasteiger partial charge on any atom is -0.480 e. The van der Waals surface area contributed by atoms with Gasteiger partial charge in [0.25, 0.3) is 0 Å². The lowest BCUT2D eigenvalue weighted by Crippen LogP contribution is -2.58. The molecule has 0 aromatic heterocycles. The highest BCUT2D eigenvalue weighted by molar-refractivity contribution is 5.93. The summed E-state index contributed by atoms with van der Waals surface area (Å²) < 4.78 is 25.9. The predicted octanol–water partition coefficient (Wildman–Crippen LogP) is 1.50. The third-order valence-corrected chi connectivity index (χ3v) is 3.35. The van der Waals surface area contributed by atoms with Crippen molar-refractivity contribution in [2.75, 3.05) is 11.9 Å². The van der Waals surface area contributed by atoms with Gasteiger partial charge in [-0.15, -0.1) is 0 Å². The Morgan fingerprint density at radius 1 is 1.20 bits per heavy atom. The van der Waals surface area contributed by atoms with Gasteiger partial charge >= 0.3 is 5.97 Å². The van der Waals surface area contributed by atoms with Gasteiger partial charge in [-0.1, -0.05) is 0 Å². The fourth-order valence-corrected chi connectivity index (χ4v) is 2.08. The number of anilines is 1. The number of carbonyl (C=O) groups excluding carboxylic acids is 1. The summed E-state index contributed by atoms with van der Waals surface area (Å²) in [5, 5.41) is 14.1. The van der Waals surface area contributed by atoms with Crippen LogP contribution >= 0.6 is 0 Å². The lowest BCUT2D eigenvalue weighted by atomic mass is 9.77. The van der Waals surface area contributed by atoms with E-state index in [1.807, 2.05) is 0 Å². The van der Waals surface area contributed by atoms with E-state index in [1.165, 1.54) is 0 Å². The van der Waals surface area contributed by atoms with Crippen LogP contribution in [0.1, 0.15) is 19.3 Å². The van der Waals surface area contributed by atoms with Gasteiger partial charge < -0.3 is 10.4 Å². The monoisotopic (exact) mass is 284 g/mol. The van der Waals surface area contributed by atoms with Crippen LogP contribution in [0.2, 0.25) is 0 Å². The molecule has 1 aliphatic carbocycles. The van der Waals surface area contributed by atoms with E-state index in [0.717, 1.165) is 18.6 Å². The number of nitrogens with one attached hydrogen (secondary N) is 2. The van der Waals surface area contributed by atoms with Crippen molar-refractivity contribution < 1.29 is 23.5 Å². The summed E-state index contributed by atoms with van der Waals surface area (Å²) in [6.45, 7) is -0.232. The number of hydrogen-bond acceptors (Lipinski definition) is 3. The lowest BCUT2D eigenvalue weighted by Gasteiger charge is -2.38. The van der Waals surface area contributed by atoms with Gasteiger partial charge in [-0.05, 0) is 31.4 Å². The molecule has 0 aliphatic heterocycles. The van der Waals surface area contributed by atoms with Crippen molar-refractivity contribution in [3.05, 3.63) is 29.8 Å². The molecule has 3 N–H and O–H groups in total. The fourth-order valence-electron chi connectivity index (χ4n) is 2.08. The molecule has 5 nitrogen and oxygen atoms in total.